The monoisotopic (exact) mass is 705 g/mol. The molecule has 9 atom stereocenters. The molecule has 0 aromatic heterocycles. The molecule has 0 aromatic carbocycles. The molecule has 15 nitrogen and oxygen atoms in total. The Kier molecular flexibility index (Phi) is 23.1. The standard InChI is InChI=1S/C34H59NO14/c1-5-6-11-21(3)32(49-31(43)19-24(34(46)47)17-29(40)41)27(48-30(42)18-23(33(44)45)16-28(38)39)15-20(2)14-25(36)12-9-7-8-10-13-26(37)22(4)35/h20-27,32,36-37H,5-19,35H2,1-4H3,(H,38,39)(H,40,41)(H,44,45)(H,46,47). The third-order valence-electron chi connectivity index (χ3n) is 8.56. The second-order valence-corrected chi connectivity index (χ2v) is 13.4. The fraction of sp³-hybridized carbons (Fsp3) is 0.824. The van der Waals surface area contributed by atoms with E-state index >= 15 is 0 Å². The first-order valence-corrected chi connectivity index (χ1v) is 17.3. The Balaban J connectivity index is 5.94. The van der Waals surface area contributed by atoms with Gasteiger partial charge in [-0.05, 0) is 50.9 Å². The van der Waals surface area contributed by atoms with Crippen molar-refractivity contribution in [2.24, 2.45) is 29.4 Å². The number of rotatable bonds is 29. The maximum Gasteiger partial charge on any atom is 0.307 e. The smallest absolute Gasteiger partial charge is 0.307 e. The number of carbonyl (C=O) groups excluding carboxylic acids is 2. The number of hydrogen-bond donors (Lipinski definition) is 7. The van der Waals surface area contributed by atoms with E-state index in [2.05, 4.69) is 0 Å². The van der Waals surface area contributed by atoms with Crippen molar-refractivity contribution in [2.75, 3.05) is 0 Å². The zero-order valence-corrected chi connectivity index (χ0v) is 29.3. The first-order chi connectivity index (χ1) is 22.9. The molecule has 0 radical (unpaired) electrons. The maximum absolute atomic E-state index is 13.0. The minimum atomic E-state index is -1.57. The van der Waals surface area contributed by atoms with Crippen LogP contribution in [-0.4, -0.2) is 96.9 Å². The number of ether oxygens (including phenoxy) is 2. The topological polar surface area (TPSA) is 268 Å². The summed E-state index contributed by atoms with van der Waals surface area (Å²) in [6.07, 6.45) is -0.0465. The molecule has 0 spiro atoms. The number of aliphatic hydroxyl groups excluding tert-OH is 2. The van der Waals surface area contributed by atoms with Crippen molar-refractivity contribution in [1.29, 1.82) is 0 Å². The summed E-state index contributed by atoms with van der Waals surface area (Å²) in [6.45, 7) is 7.23. The second kappa shape index (κ2) is 24.8. The van der Waals surface area contributed by atoms with Gasteiger partial charge in [-0.3, -0.25) is 28.8 Å². The summed E-state index contributed by atoms with van der Waals surface area (Å²) in [5.41, 5.74) is 5.68. The molecule has 0 rings (SSSR count). The highest BCUT2D eigenvalue weighted by molar-refractivity contribution is 5.83. The zero-order valence-electron chi connectivity index (χ0n) is 29.3. The molecule has 0 fully saturated rings. The van der Waals surface area contributed by atoms with Crippen LogP contribution in [0.1, 0.15) is 124 Å². The van der Waals surface area contributed by atoms with Crippen LogP contribution in [0.5, 0.6) is 0 Å². The van der Waals surface area contributed by atoms with Crippen LogP contribution < -0.4 is 5.73 Å². The van der Waals surface area contributed by atoms with E-state index in [9.17, 15) is 49.2 Å². The minimum Gasteiger partial charge on any atom is -0.481 e. The number of aliphatic hydroxyl groups is 2. The number of unbranched alkanes of at least 4 members (excludes halogenated alkanes) is 4. The lowest BCUT2D eigenvalue weighted by molar-refractivity contribution is -0.177. The molecule has 0 amide bonds. The predicted molar refractivity (Wildman–Crippen MR) is 176 cm³/mol. The molecule has 0 saturated heterocycles. The number of carboxylic acids is 4. The largest absolute Gasteiger partial charge is 0.481 e. The summed E-state index contributed by atoms with van der Waals surface area (Å²) in [5.74, 6) is -11.8. The van der Waals surface area contributed by atoms with E-state index in [1.807, 2.05) is 6.92 Å². The molecule has 0 saturated carbocycles. The van der Waals surface area contributed by atoms with Gasteiger partial charge in [-0.1, -0.05) is 59.3 Å². The number of nitrogens with two attached hydrogens (primary N) is 1. The van der Waals surface area contributed by atoms with E-state index in [4.69, 9.17) is 25.4 Å². The molecule has 0 aliphatic rings. The number of hydrogen-bond acceptors (Lipinski definition) is 11. The van der Waals surface area contributed by atoms with Gasteiger partial charge in [0, 0.05) is 6.04 Å². The molecule has 0 aliphatic carbocycles. The molecule has 8 N–H and O–H groups in total. The van der Waals surface area contributed by atoms with Gasteiger partial charge in [-0.2, -0.15) is 0 Å². The van der Waals surface area contributed by atoms with E-state index in [0.717, 1.165) is 32.1 Å². The van der Waals surface area contributed by atoms with Crippen molar-refractivity contribution in [2.45, 2.75) is 154 Å². The normalized spacial score (nSPS) is 17.0. The number of carboxylic acid groups (broad SMARTS) is 4. The zero-order chi connectivity index (χ0) is 37.7. The second-order valence-electron chi connectivity index (χ2n) is 13.4. The highest BCUT2D eigenvalue weighted by atomic mass is 16.6. The van der Waals surface area contributed by atoms with Gasteiger partial charge in [-0.15, -0.1) is 0 Å². The van der Waals surface area contributed by atoms with Gasteiger partial charge in [-0.25, -0.2) is 0 Å². The average molecular weight is 706 g/mol. The fourth-order valence-electron chi connectivity index (χ4n) is 5.66. The van der Waals surface area contributed by atoms with Crippen molar-refractivity contribution in [3.8, 4) is 0 Å². The molecule has 0 heterocycles. The van der Waals surface area contributed by atoms with Crippen LogP contribution in [0.4, 0.5) is 0 Å². The summed E-state index contributed by atoms with van der Waals surface area (Å²) < 4.78 is 11.4. The van der Waals surface area contributed by atoms with Crippen LogP contribution >= 0.6 is 0 Å². The van der Waals surface area contributed by atoms with Crippen LogP contribution in [-0.2, 0) is 38.2 Å². The lowest BCUT2D eigenvalue weighted by Crippen LogP contribution is -2.42. The van der Waals surface area contributed by atoms with Gasteiger partial charge >= 0.3 is 35.8 Å². The summed E-state index contributed by atoms with van der Waals surface area (Å²) in [5, 5.41) is 57.6. The first kappa shape index (κ1) is 45.7. The van der Waals surface area contributed by atoms with Crippen LogP contribution in [0, 0.1) is 23.7 Å². The predicted octanol–water partition coefficient (Wildman–Crippen LogP) is 3.59. The Morgan fingerprint density at radius 2 is 1.12 bits per heavy atom. The third kappa shape index (κ3) is 21.4. The van der Waals surface area contributed by atoms with Crippen molar-refractivity contribution in [3.63, 3.8) is 0 Å². The fourth-order valence-corrected chi connectivity index (χ4v) is 5.66. The van der Waals surface area contributed by atoms with Crippen LogP contribution in [0.25, 0.3) is 0 Å². The number of esters is 2. The number of carbonyl (C=O) groups is 6. The molecular formula is C34H59NO14. The van der Waals surface area contributed by atoms with E-state index in [-0.39, 0.29) is 24.8 Å². The summed E-state index contributed by atoms with van der Waals surface area (Å²) in [4.78, 5) is 71.6. The molecule has 0 aromatic rings. The Morgan fingerprint density at radius 3 is 1.57 bits per heavy atom. The molecule has 0 aliphatic heterocycles. The summed E-state index contributed by atoms with van der Waals surface area (Å²) in [6, 6.07) is -0.300. The van der Waals surface area contributed by atoms with Gasteiger partial charge in [0.1, 0.15) is 12.2 Å². The molecule has 284 valence electrons. The summed E-state index contributed by atoms with van der Waals surface area (Å²) >= 11 is 0. The average Bonchev–Trinajstić information content (AvgIpc) is 2.98. The van der Waals surface area contributed by atoms with E-state index in [0.29, 0.717) is 25.7 Å². The molecule has 0 bridgehead atoms. The minimum absolute atomic E-state index is 0.0700. The van der Waals surface area contributed by atoms with Gasteiger partial charge < -0.3 is 45.8 Å². The van der Waals surface area contributed by atoms with Gasteiger partial charge in [0.05, 0.1) is 49.7 Å². The van der Waals surface area contributed by atoms with Crippen molar-refractivity contribution < 1.29 is 68.9 Å². The molecule has 9 unspecified atom stereocenters. The van der Waals surface area contributed by atoms with Crippen LogP contribution in [0.3, 0.4) is 0 Å². The molecule has 15 heteroatoms. The van der Waals surface area contributed by atoms with Gasteiger partial charge in [0.15, 0.2) is 0 Å². The molecule has 49 heavy (non-hydrogen) atoms. The lowest BCUT2D eigenvalue weighted by atomic mass is 9.87. The first-order valence-electron chi connectivity index (χ1n) is 17.3. The SMILES string of the molecule is CCCCC(C)C(OC(=O)CC(CC(=O)O)C(=O)O)C(CC(C)CC(O)CCCCCCC(O)C(C)N)OC(=O)CC(CC(=O)O)C(=O)O. The van der Waals surface area contributed by atoms with Crippen LogP contribution in [0.2, 0.25) is 0 Å². The van der Waals surface area contributed by atoms with Crippen molar-refractivity contribution in [1.82, 2.24) is 0 Å². The molecular weight excluding hydrogens is 646 g/mol. The Bertz CT molecular complexity index is 1030. The quantitative estimate of drug-likeness (QED) is 0.0433. The van der Waals surface area contributed by atoms with Gasteiger partial charge in [0.2, 0.25) is 0 Å². The summed E-state index contributed by atoms with van der Waals surface area (Å²) in [7, 11) is 0. The maximum atomic E-state index is 13.0. The highest BCUT2D eigenvalue weighted by Crippen LogP contribution is 2.29. The van der Waals surface area contributed by atoms with Crippen molar-refractivity contribution >= 4 is 35.8 Å². The van der Waals surface area contributed by atoms with E-state index in [1.165, 1.54) is 0 Å². The van der Waals surface area contributed by atoms with E-state index in [1.54, 1.807) is 20.8 Å². The Hall–Kier alpha value is -3.30. The number of aliphatic carboxylic acids is 4. The van der Waals surface area contributed by atoms with Crippen molar-refractivity contribution in [3.05, 3.63) is 0 Å². The highest BCUT2D eigenvalue weighted by Gasteiger charge is 2.37. The Morgan fingerprint density at radius 1 is 0.633 bits per heavy atom. The van der Waals surface area contributed by atoms with E-state index < -0.39 is 104 Å². The lowest BCUT2D eigenvalue weighted by Gasteiger charge is -2.33. The van der Waals surface area contributed by atoms with Crippen LogP contribution in [0.15, 0.2) is 0 Å². The third-order valence-corrected chi connectivity index (χ3v) is 8.56. The van der Waals surface area contributed by atoms with Gasteiger partial charge in [0.25, 0.3) is 0 Å². The Labute approximate surface area is 288 Å².